The summed E-state index contributed by atoms with van der Waals surface area (Å²) in [5, 5.41) is 8.47. The van der Waals surface area contributed by atoms with E-state index < -0.39 is 51.1 Å². The van der Waals surface area contributed by atoms with E-state index in [9.17, 15) is 39.6 Å². The Bertz CT molecular complexity index is 676. The first kappa shape index (κ1) is 18.1. The Labute approximate surface area is 119 Å². The van der Waals surface area contributed by atoms with Gasteiger partial charge in [-0.2, -0.15) is 34.8 Å². The normalized spacial score (nSPS) is 13.0. The lowest BCUT2D eigenvalue weighted by Crippen LogP contribution is -2.29. The van der Waals surface area contributed by atoms with Crippen LogP contribution < -0.4 is 4.18 Å². The predicted octanol–water partition coefficient (Wildman–Crippen LogP) is 2.56. The molecular formula is C10H6F6O5S. The highest BCUT2D eigenvalue weighted by Gasteiger charge is 2.49. The van der Waals surface area contributed by atoms with Gasteiger partial charge in [0, 0.05) is 0 Å². The summed E-state index contributed by atoms with van der Waals surface area (Å²) < 4.78 is 99.6. The Hall–Kier alpha value is -1.98. The Morgan fingerprint density at radius 1 is 1.14 bits per heavy atom. The highest BCUT2D eigenvalue weighted by molar-refractivity contribution is 7.88. The number of alkyl halides is 6. The lowest BCUT2D eigenvalue weighted by Gasteiger charge is -2.15. The summed E-state index contributed by atoms with van der Waals surface area (Å²) in [6.45, 7) is 0. The fourth-order valence-electron chi connectivity index (χ4n) is 1.32. The molecule has 0 aliphatic carbocycles. The minimum absolute atomic E-state index is 0.204. The fraction of sp³-hybridized carbons (Fsp3) is 0.300. The van der Waals surface area contributed by atoms with Gasteiger partial charge in [0.05, 0.1) is 12.0 Å². The van der Waals surface area contributed by atoms with Crippen molar-refractivity contribution >= 4 is 16.1 Å². The lowest BCUT2D eigenvalue weighted by atomic mass is 10.1. The first-order valence-corrected chi connectivity index (χ1v) is 6.57. The molecule has 1 aromatic carbocycles. The van der Waals surface area contributed by atoms with Gasteiger partial charge in [-0.1, -0.05) is 6.07 Å². The van der Waals surface area contributed by atoms with E-state index in [0.717, 1.165) is 0 Å². The average molecular weight is 352 g/mol. The Balaban J connectivity index is 3.34. The monoisotopic (exact) mass is 352 g/mol. The molecule has 0 amide bonds. The molecule has 1 aromatic rings. The second kappa shape index (κ2) is 5.66. The number of hydrogen-bond donors (Lipinski definition) is 1. The van der Waals surface area contributed by atoms with E-state index in [0.29, 0.717) is 12.1 Å². The van der Waals surface area contributed by atoms with E-state index in [4.69, 9.17) is 5.11 Å². The molecule has 0 bridgehead atoms. The number of halogens is 6. The largest absolute Gasteiger partial charge is 0.534 e. The van der Waals surface area contributed by atoms with Crippen LogP contribution in [0.3, 0.4) is 0 Å². The van der Waals surface area contributed by atoms with Gasteiger partial charge in [-0.25, -0.2) is 0 Å². The van der Waals surface area contributed by atoms with Crippen molar-refractivity contribution in [3.8, 4) is 5.75 Å². The van der Waals surface area contributed by atoms with Crippen molar-refractivity contribution in [3.63, 3.8) is 0 Å². The third-order valence-electron chi connectivity index (χ3n) is 2.19. The minimum atomic E-state index is -6.29. The van der Waals surface area contributed by atoms with E-state index in [-0.39, 0.29) is 6.07 Å². The molecule has 22 heavy (non-hydrogen) atoms. The van der Waals surface area contributed by atoms with Crippen molar-refractivity contribution < 1.29 is 48.8 Å². The molecular weight excluding hydrogens is 346 g/mol. The number of carboxylic acids is 1. The molecule has 0 aromatic heterocycles. The number of rotatable bonds is 4. The lowest BCUT2D eigenvalue weighted by molar-refractivity contribution is -0.139. The van der Waals surface area contributed by atoms with Crippen molar-refractivity contribution in [2.45, 2.75) is 18.1 Å². The van der Waals surface area contributed by atoms with Crippen molar-refractivity contribution in [1.29, 1.82) is 0 Å². The predicted molar refractivity (Wildman–Crippen MR) is 58.4 cm³/mol. The third-order valence-corrected chi connectivity index (χ3v) is 3.15. The number of carbonyl (C=O) groups is 1. The van der Waals surface area contributed by atoms with Crippen LogP contribution in [0.4, 0.5) is 26.3 Å². The molecule has 1 rings (SSSR count). The van der Waals surface area contributed by atoms with Gasteiger partial charge in [0.1, 0.15) is 0 Å². The molecule has 0 atom stereocenters. The van der Waals surface area contributed by atoms with Crippen LogP contribution in [-0.4, -0.2) is 25.0 Å². The van der Waals surface area contributed by atoms with Gasteiger partial charge in [-0.3, -0.25) is 4.79 Å². The van der Waals surface area contributed by atoms with Gasteiger partial charge in [0.25, 0.3) is 0 Å². The second-order valence-electron chi connectivity index (χ2n) is 3.88. The molecule has 0 unspecified atom stereocenters. The molecule has 0 aliphatic heterocycles. The summed E-state index contributed by atoms with van der Waals surface area (Å²) in [5.74, 6) is -3.08. The van der Waals surface area contributed by atoms with Gasteiger partial charge >= 0.3 is 27.8 Å². The number of hydrogen-bond acceptors (Lipinski definition) is 4. The number of carboxylic acid groups (broad SMARTS) is 1. The molecule has 0 saturated carbocycles. The van der Waals surface area contributed by atoms with E-state index >= 15 is 0 Å². The summed E-state index contributed by atoms with van der Waals surface area (Å²) in [7, 11) is -6.29. The van der Waals surface area contributed by atoms with Crippen LogP contribution in [0, 0.1) is 0 Å². The maximum atomic E-state index is 12.7. The van der Waals surface area contributed by atoms with Crippen LogP contribution in [0.1, 0.15) is 11.1 Å². The zero-order valence-electron chi connectivity index (χ0n) is 10.2. The molecule has 0 spiro atoms. The summed E-state index contributed by atoms with van der Waals surface area (Å²) in [6.07, 6.45) is -6.08. The molecule has 12 heteroatoms. The van der Waals surface area contributed by atoms with Gasteiger partial charge < -0.3 is 9.29 Å². The van der Waals surface area contributed by atoms with Crippen LogP contribution in [0.15, 0.2) is 18.2 Å². The first-order valence-electron chi connectivity index (χ1n) is 5.17. The van der Waals surface area contributed by atoms with Crippen LogP contribution in [-0.2, 0) is 27.5 Å². The zero-order chi connectivity index (χ0) is 17.3. The summed E-state index contributed by atoms with van der Waals surface area (Å²) >= 11 is 0. The van der Waals surface area contributed by atoms with E-state index in [1.807, 2.05) is 0 Å². The van der Waals surface area contributed by atoms with Crippen LogP contribution in [0.2, 0.25) is 0 Å². The van der Waals surface area contributed by atoms with Gasteiger partial charge in [-0.05, 0) is 17.7 Å². The molecule has 5 nitrogen and oxygen atoms in total. The maximum absolute atomic E-state index is 12.7. The van der Waals surface area contributed by atoms with Crippen LogP contribution in [0.5, 0.6) is 5.75 Å². The second-order valence-corrected chi connectivity index (χ2v) is 5.42. The summed E-state index contributed by atoms with van der Waals surface area (Å²) in [4.78, 5) is 10.4. The summed E-state index contributed by atoms with van der Waals surface area (Å²) in [5.41, 5.74) is -8.13. The molecule has 124 valence electrons. The number of benzene rings is 1. The SMILES string of the molecule is O=C(O)Cc1ccc(OS(=O)(=O)C(F)(F)F)c(C(F)(F)F)c1. The molecule has 0 fully saturated rings. The standard InChI is InChI=1S/C10H6F6O5S/c11-9(12,13)6-3-5(4-8(17)18)1-2-7(6)21-22(19,20)10(14,15)16/h1-3H,4H2,(H,17,18). The first-order chi connectivity index (χ1) is 9.74. The quantitative estimate of drug-likeness (QED) is 0.512. The maximum Gasteiger partial charge on any atom is 0.534 e. The highest BCUT2D eigenvalue weighted by Crippen LogP contribution is 2.39. The Morgan fingerprint density at radius 3 is 2.09 bits per heavy atom. The van der Waals surface area contributed by atoms with E-state index in [2.05, 4.69) is 4.18 Å². The van der Waals surface area contributed by atoms with Crippen LogP contribution >= 0.6 is 0 Å². The Kier molecular flexibility index (Phi) is 4.65. The smallest absolute Gasteiger partial charge is 0.481 e. The zero-order valence-corrected chi connectivity index (χ0v) is 11.0. The van der Waals surface area contributed by atoms with Crippen LogP contribution in [0.25, 0.3) is 0 Å². The van der Waals surface area contributed by atoms with Crippen molar-refractivity contribution in [2.24, 2.45) is 0 Å². The third kappa shape index (κ3) is 4.26. The van der Waals surface area contributed by atoms with E-state index in [1.54, 1.807) is 0 Å². The fourth-order valence-corrected chi connectivity index (χ4v) is 1.80. The average Bonchev–Trinajstić information content (AvgIpc) is 2.27. The number of aliphatic carboxylic acids is 1. The molecule has 1 N–H and O–H groups in total. The minimum Gasteiger partial charge on any atom is -0.481 e. The molecule has 0 aliphatic rings. The highest BCUT2D eigenvalue weighted by atomic mass is 32.2. The van der Waals surface area contributed by atoms with Crippen molar-refractivity contribution in [1.82, 2.24) is 0 Å². The van der Waals surface area contributed by atoms with Gasteiger partial charge in [0.15, 0.2) is 5.75 Å². The molecule has 0 heterocycles. The summed E-state index contributed by atoms with van der Waals surface area (Å²) in [6, 6.07) is 1.23. The van der Waals surface area contributed by atoms with E-state index in [1.165, 1.54) is 0 Å². The molecule has 0 saturated heterocycles. The topological polar surface area (TPSA) is 80.7 Å². The van der Waals surface area contributed by atoms with Crippen molar-refractivity contribution in [3.05, 3.63) is 29.3 Å². The van der Waals surface area contributed by atoms with Crippen molar-refractivity contribution in [2.75, 3.05) is 0 Å². The van der Waals surface area contributed by atoms with Gasteiger partial charge in [-0.15, -0.1) is 0 Å². The Morgan fingerprint density at radius 2 is 1.68 bits per heavy atom. The van der Waals surface area contributed by atoms with Gasteiger partial charge in [0.2, 0.25) is 0 Å². The molecule has 0 radical (unpaired) electrons.